The van der Waals surface area contributed by atoms with Crippen LogP contribution in [0.5, 0.6) is 17.5 Å². The third-order valence-corrected chi connectivity index (χ3v) is 7.88. The molecule has 0 radical (unpaired) electrons. The summed E-state index contributed by atoms with van der Waals surface area (Å²) in [4.78, 5) is 26.7. The van der Waals surface area contributed by atoms with Gasteiger partial charge in [-0.15, -0.1) is 0 Å². The van der Waals surface area contributed by atoms with E-state index in [2.05, 4.69) is 70.3 Å². The van der Waals surface area contributed by atoms with Crippen LogP contribution in [0.2, 0.25) is 0 Å². The van der Waals surface area contributed by atoms with Crippen LogP contribution >= 0.6 is 15.9 Å². The molecule has 212 valence electrons. The first kappa shape index (κ1) is 29.0. The van der Waals surface area contributed by atoms with Crippen molar-refractivity contribution >= 4 is 28.5 Å². The van der Waals surface area contributed by atoms with Gasteiger partial charge in [0, 0.05) is 6.42 Å². The van der Waals surface area contributed by atoms with Gasteiger partial charge in [-0.05, 0) is 99.3 Å². The third kappa shape index (κ3) is 6.22. The van der Waals surface area contributed by atoms with Crippen LogP contribution in [0.4, 0.5) is 0 Å². The number of aldehydes is 2. The van der Waals surface area contributed by atoms with E-state index in [0.717, 1.165) is 41.4 Å². The van der Waals surface area contributed by atoms with Crippen molar-refractivity contribution in [2.45, 2.75) is 38.7 Å². The molecule has 42 heavy (non-hydrogen) atoms. The van der Waals surface area contributed by atoms with Crippen molar-refractivity contribution < 1.29 is 23.8 Å². The number of ether oxygens (including phenoxy) is 3. The summed E-state index contributed by atoms with van der Waals surface area (Å²) in [6.07, 6.45) is 3.77. The fourth-order valence-corrected chi connectivity index (χ4v) is 5.73. The average Bonchev–Trinajstić information content (AvgIpc) is 3.43. The van der Waals surface area contributed by atoms with Crippen LogP contribution in [-0.2, 0) is 11.2 Å². The number of fused-ring (bicyclic) bond motifs is 1. The van der Waals surface area contributed by atoms with Crippen molar-refractivity contribution in [1.82, 2.24) is 4.98 Å². The van der Waals surface area contributed by atoms with Crippen LogP contribution in [-0.4, -0.2) is 30.8 Å². The Hall–Kier alpha value is -4.48. The number of halogens is 1. The number of nitrogens with zero attached hydrogens (tertiary/aromatic N) is 2. The number of hydrogen-bond donors (Lipinski definition) is 0. The number of rotatable bonds is 12. The van der Waals surface area contributed by atoms with E-state index in [1.807, 2.05) is 24.3 Å². The molecule has 1 atom stereocenters. The molecular weight excluding hydrogens is 596 g/mol. The van der Waals surface area contributed by atoms with Crippen molar-refractivity contribution in [3.63, 3.8) is 0 Å². The number of hydrogen-bond acceptors (Lipinski definition) is 7. The molecule has 1 heterocycles. The van der Waals surface area contributed by atoms with Gasteiger partial charge in [0.1, 0.15) is 18.5 Å². The summed E-state index contributed by atoms with van der Waals surface area (Å²) in [5, 5.41) is 8.77. The predicted octanol–water partition coefficient (Wildman–Crippen LogP) is 7.63. The van der Waals surface area contributed by atoms with Crippen molar-refractivity contribution in [2.75, 3.05) is 13.2 Å². The Balaban J connectivity index is 1.41. The molecule has 0 bridgehead atoms. The van der Waals surface area contributed by atoms with Crippen molar-refractivity contribution in [3.8, 4) is 45.8 Å². The standard InChI is InChI=1S/C34H29BrN2O5/c1-22-26(23-10-12-25(13-11-23)40-19-17-38)6-4-7-27(22)28-8-5-9-30-29(28)14-15-32(30)42-34-31(35)20-24(21-39)33(37-34)41-18-3-2-16-36/h4-13,17,20-21,32H,2-3,14-15,18-19H2,1H3/t32-/m0/s1. The number of benzene rings is 3. The summed E-state index contributed by atoms with van der Waals surface area (Å²) in [5.74, 6) is 1.22. The molecule has 0 fully saturated rings. The van der Waals surface area contributed by atoms with Gasteiger partial charge in [0.2, 0.25) is 11.8 Å². The smallest absolute Gasteiger partial charge is 0.231 e. The maximum absolute atomic E-state index is 11.6. The zero-order valence-corrected chi connectivity index (χ0v) is 24.7. The summed E-state index contributed by atoms with van der Waals surface area (Å²) in [6, 6.07) is 24.2. The number of nitriles is 1. The molecule has 1 aromatic heterocycles. The van der Waals surface area contributed by atoms with Gasteiger partial charge >= 0.3 is 0 Å². The Morgan fingerprint density at radius 1 is 1.00 bits per heavy atom. The van der Waals surface area contributed by atoms with Crippen LogP contribution in [0.1, 0.15) is 52.4 Å². The lowest BCUT2D eigenvalue weighted by Crippen LogP contribution is -2.08. The number of pyridine rings is 1. The SMILES string of the molecule is Cc1c(-c2ccc(OCC=O)cc2)cccc1-c1cccc2c1CC[C@@H]2Oc1nc(OCCCC#N)c(C=O)cc1Br. The molecule has 0 amide bonds. The van der Waals surface area contributed by atoms with Gasteiger partial charge in [-0.1, -0.05) is 48.5 Å². The Labute approximate surface area is 253 Å². The van der Waals surface area contributed by atoms with E-state index in [1.165, 1.54) is 16.7 Å². The summed E-state index contributed by atoms with van der Waals surface area (Å²) in [5.41, 5.74) is 8.38. The van der Waals surface area contributed by atoms with Crippen LogP contribution < -0.4 is 14.2 Å². The Morgan fingerprint density at radius 2 is 1.76 bits per heavy atom. The highest BCUT2D eigenvalue weighted by atomic mass is 79.9. The van der Waals surface area contributed by atoms with Gasteiger partial charge < -0.3 is 14.2 Å². The molecule has 8 heteroatoms. The lowest BCUT2D eigenvalue weighted by molar-refractivity contribution is -0.109. The quantitative estimate of drug-likeness (QED) is 0.118. The highest BCUT2D eigenvalue weighted by molar-refractivity contribution is 9.10. The third-order valence-electron chi connectivity index (χ3n) is 7.31. The van der Waals surface area contributed by atoms with E-state index in [9.17, 15) is 9.59 Å². The van der Waals surface area contributed by atoms with Crippen LogP contribution in [0.15, 0.2) is 71.2 Å². The maximum Gasteiger partial charge on any atom is 0.231 e. The molecule has 0 aliphatic heterocycles. The molecule has 3 aromatic carbocycles. The van der Waals surface area contributed by atoms with E-state index in [-0.39, 0.29) is 25.2 Å². The van der Waals surface area contributed by atoms with E-state index in [0.29, 0.717) is 40.8 Å². The largest absolute Gasteiger partial charge is 0.486 e. The summed E-state index contributed by atoms with van der Waals surface area (Å²) < 4.78 is 18.1. The summed E-state index contributed by atoms with van der Waals surface area (Å²) in [7, 11) is 0. The van der Waals surface area contributed by atoms with Gasteiger partial charge in [0.15, 0.2) is 12.6 Å². The van der Waals surface area contributed by atoms with E-state index >= 15 is 0 Å². The molecule has 0 saturated carbocycles. The molecule has 0 saturated heterocycles. The van der Waals surface area contributed by atoms with Gasteiger partial charge in [0.05, 0.1) is 22.7 Å². The van der Waals surface area contributed by atoms with Crippen molar-refractivity contribution in [2.24, 2.45) is 0 Å². The zero-order valence-electron chi connectivity index (χ0n) is 23.1. The Bertz CT molecular complexity index is 1650. The first-order chi connectivity index (χ1) is 20.5. The van der Waals surface area contributed by atoms with Crippen molar-refractivity contribution in [3.05, 3.63) is 93.5 Å². The molecule has 5 rings (SSSR count). The lowest BCUT2D eigenvalue weighted by Gasteiger charge is -2.18. The van der Waals surface area contributed by atoms with Gasteiger partial charge in [-0.25, -0.2) is 0 Å². The van der Waals surface area contributed by atoms with Gasteiger partial charge in [-0.2, -0.15) is 10.2 Å². The monoisotopic (exact) mass is 624 g/mol. The number of carbonyl (C=O) groups is 2. The molecular formula is C34H29BrN2O5. The summed E-state index contributed by atoms with van der Waals surface area (Å²) >= 11 is 3.50. The average molecular weight is 626 g/mol. The maximum atomic E-state index is 11.6. The number of aromatic nitrogens is 1. The van der Waals surface area contributed by atoms with E-state index in [4.69, 9.17) is 19.5 Å². The second-order valence-corrected chi connectivity index (χ2v) is 10.8. The highest BCUT2D eigenvalue weighted by Gasteiger charge is 2.28. The molecule has 4 aromatic rings. The first-order valence-corrected chi connectivity index (χ1v) is 14.5. The fourth-order valence-electron chi connectivity index (χ4n) is 5.30. The minimum absolute atomic E-state index is 0.0348. The second kappa shape index (κ2) is 13.5. The number of unbranched alkanes of at least 4 members (excludes halogenated alkanes) is 1. The minimum atomic E-state index is -0.209. The van der Waals surface area contributed by atoms with Crippen molar-refractivity contribution in [1.29, 1.82) is 5.26 Å². The van der Waals surface area contributed by atoms with Gasteiger partial charge in [0.25, 0.3) is 0 Å². The second-order valence-electron chi connectivity index (χ2n) is 9.90. The lowest BCUT2D eigenvalue weighted by atomic mass is 9.89. The number of carbonyl (C=O) groups excluding carboxylic acids is 2. The first-order valence-electron chi connectivity index (χ1n) is 13.7. The van der Waals surface area contributed by atoms with Crippen LogP contribution in [0.3, 0.4) is 0 Å². The fraction of sp³-hybridized carbons (Fsp3) is 0.235. The topological polar surface area (TPSA) is 98.5 Å². The Kier molecular flexibility index (Phi) is 9.30. The molecule has 1 aliphatic rings. The van der Waals surface area contributed by atoms with Gasteiger partial charge in [-0.3, -0.25) is 9.59 Å². The normalized spacial score (nSPS) is 13.6. The summed E-state index contributed by atoms with van der Waals surface area (Å²) in [6.45, 7) is 2.46. The highest BCUT2D eigenvalue weighted by Crippen LogP contribution is 2.43. The molecule has 0 N–H and O–H groups in total. The van der Waals surface area contributed by atoms with Crippen LogP contribution in [0, 0.1) is 18.3 Å². The van der Waals surface area contributed by atoms with E-state index < -0.39 is 0 Å². The van der Waals surface area contributed by atoms with E-state index in [1.54, 1.807) is 6.07 Å². The Morgan fingerprint density at radius 3 is 2.52 bits per heavy atom. The molecule has 1 aliphatic carbocycles. The van der Waals surface area contributed by atoms with Crippen LogP contribution in [0.25, 0.3) is 22.3 Å². The minimum Gasteiger partial charge on any atom is -0.486 e. The molecule has 0 unspecified atom stereocenters. The zero-order chi connectivity index (χ0) is 29.5. The molecule has 7 nitrogen and oxygen atoms in total. The molecule has 0 spiro atoms. The predicted molar refractivity (Wildman–Crippen MR) is 163 cm³/mol.